The lowest BCUT2D eigenvalue weighted by atomic mass is 9.95. The summed E-state index contributed by atoms with van der Waals surface area (Å²) >= 11 is -0.0960. The Morgan fingerprint density at radius 1 is 1.54 bits per heavy atom. The Morgan fingerprint density at radius 3 is 3.12 bits per heavy atom. The van der Waals surface area contributed by atoms with E-state index in [-0.39, 0.29) is 11.3 Å². The Morgan fingerprint density at radius 2 is 2.35 bits per heavy atom. The van der Waals surface area contributed by atoms with Crippen LogP contribution in [-0.2, 0) is 22.5 Å². The summed E-state index contributed by atoms with van der Waals surface area (Å²) in [5, 5.41) is -1.09. The number of halogens is 1. The van der Waals surface area contributed by atoms with Gasteiger partial charge in [-0.15, -0.1) is 11.3 Å². The molecule has 26 heavy (non-hydrogen) atoms. The maximum atomic E-state index is 15.9. The molecule has 2 aliphatic rings. The van der Waals surface area contributed by atoms with Gasteiger partial charge in [0, 0.05) is 55.4 Å². The molecule has 1 aliphatic carbocycles. The first-order chi connectivity index (χ1) is 20.3. The maximum Gasteiger partial charge on any atom is 0.308 e. The first-order valence-electron chi connectivity index (χ1n) is 16.8. The molecule has 1 aromatic carbocycles. The number of rotatable bonds is 5. The predicted molar refractivity (Wildman–Crippen MR) is 96.6 cm³/mol. The first-order valence-corrected chi connectivity index (χ1v) is 7.65. The number of ether oxygens (including phenoxy) is 1. The van der Waals surface area contributed by atoms with Gasteiger partial charge in [0.05, 0.1) is 14.2 Å². The van der Waals surface area contributed by atoms with Crippen molar-refractivity contribution in [1.29, 1.82) is 0 Å². The number of thiophene rings is 1. The molecule has 1 aromatic heterocycles. The van der Waals surface area contributed by atoms with Crippen LogP contribution in [0.2, 0.25) is 0 Å². The molecule has 1 atom stereocenters. The van der Waals surface area contributed by atoms with Crippen LogP contribution >= 0.6 is 11.3 Å². The number of ketones is 1. The quantitative estimate of drug-likeness (QED) is 0.723. The Labute approximate surface area is 183 Å². The molecule has 0 radical (unpaired) electrons. The predicted octanol–water partition coefficient (Wildman–Crippen LogP) is 3.89. The first kappa shape index (κ1) is 5.72. The molecule has 136 valence electrons. The van der Waals surface area contributed by atoms with E-state index in [0.717, 1.165) is 0 Å². The lowest BCUT2D eigenvalue weighted by Crippen LogP contribution is -2.38. The summed E-state index contributed by atoms with van der Waals surface area (Å²) in [7, 11) is 0. The number of hydrogen-bond donors (Lipinski definition) is 0. The summed E-state index contributed by atoms with van der Waals surface area (Å²) in [4.78, 5) is 24.4. The van der Waals surface area contributed by atoms with E-state index in [1.807, 2.05) is 0 Å². The second-order valence-corrected chi connectivity index (χ2v) is 5.77. The lowest BCUT2D eigenvalue weighted by Gasteiger charge is -2.34. The Kier molecular flexibility index (Phi) is 1.52. The van der Waals surface area contributed by atoms with Crippen LogP contribution in [-0.4, -0.2) is 23.1 Å². The fourth-order valence-electron chi connectivity index (χ4n) is 2.03. The summed E-state index contributed by atoms with van der Waals surface area (Å²) in [6.45, 7) is -11.6. The van der Waals surface area contributed by atoms with E-state index in [1.165, 1.54) is 0 Å². The van der Waals surface area contributed by atoms with Crippen molar-refractivity contribution in [2.24, 2.45) is 5.89 Å². The topological polar surface area (TPSA) is 46.6 Å². The number of nitrogens with zero attached hydrogens (tertiary/aromatic N) is 1. The van der Waals surface area contributed by atoms with Crippen LogP contribution in [0.4, 0.5) is 4.39 Å². The second kappa shape index (κ2) is 6.93. The van der Waals surface area contributed by atoms with Crippen LogP contribution in [0, 0.1) is 11.7 Å². The minimum atomic E-state index is -4.44. The highest BCUT2D eigenvalue weighted by Crippen LogP contribution is 2.41. The van der Waals surface area contributed by atoms with Gasteiger partial charge in [-0.25, -0.2) is 4.39 Å². The zero-order valence-corrected chi connectivity index (χ0v) is 13.3. The molecule has 0 spiro atoms. The van der Waals surface area contributed by atoms with Gasteiger partial charge in [0.2, 0.25) is 0 Å². The molecular weight excluding hydrogens is 353 g/mol. The molecule has 0 N–H and O–H groups in total. The Hall–Kier alpha value is -2.05. The standard InChI is InChI=1S/C20H20FNO3S/c1-12(23)25-18-10-14-11-22(9-8-17(14)26-18)19(20(24)13-6-7-13)15-4-2-3-5-16(15)21/h2-5,10,13,19H,6-9,11H2,1H3/i1D3,2D,3D,4D,5D,6D2,7D2,8D2,9D2,10D,11D2,13D,19D. The Bertz CT molecular complexity index is 1660. The fraction of sp³-hybridized carbons (Fsp3) is 0.400. The van der Waals surface area contributed by atoms with Crippen molar-refractivity contribution in [2.75, 3.05) is 6.50 Å². The van der Waals surface area contributed by atoms with Crippen LogP contribution in [0.3, 0.4) is 0 Å². The average molecular weight is 394 g/mol. The largest absolute Gasteiger partial charge is 0.416 e. The van der Waals surface area contributed by atoms with E-state index in [4.69, 9.17) is 26.0 Å². The van der Waals surface area contributed by atoms with Crippen molar-refractivity contribution < 1.29 is 46.1 Å². The molecule has 4 nitrogen and oxygen atoms in total. The third-order valence-electron chi connectivity index (χ3n) is 3.13. The summed E-state index contributed by atoms with van der Waals surface area (Å²) in [5.41, 5.74) is -3.23. The molecule has 4 rings (SSSR count). The molecule has 0 amide bonds. The summed E-state index contributed by atoms with van der Waals surface area (Å²) in [6, 6.07) is -11.7. The minimum Gasteiger partial charge on any atom is -0.416 e. The monoisotopic (exact) mass is 393 g/mol. The van der Waals surface area contributed by atoms with Gasteiger partial charge in [0.1, 0.15) is 5.82 Å². The summed E-state index contributed by atoms with van der Waals surface area (Å²) in [5.74, 6) is -10.5. The molecule has 2 heterocycles. The number of carbonyl (C=O) groups is 2. The third kappa shape index (κ3) is 3.44. The van der Waals surface area contributed by atoms with Gasteiger partial charge in [0.15, 0.2) is 10.8 Å². The van der Waals surface area contributed by atoms with E-state index >= 15 is 4.39 Å². The Balaban J connectivity index is 2.17. The van der Waals surface area contributed by atoms with Crippen LogP contribution < -0.4 is 4.74 Å². The average Bonchev–Trinajstić information content (AvgIpc) is 3.12. The van der Waals surface area contributed by atoms with Crippen molar-refractivity contribution in [1.82, 2.24) is 4.90 Å². The third-order valence-corrected chi connectivity index (χ3v) is 4.01. The van der Waals surface area contributed by atoms with Gasteiger partial charge in [-0.05, 0) is 36.8 Å². The van der Waals surface area contributed by atoms with Crippen LogP contribution in [0.15, 0.2) is 30.2 Å². The van der Waals surface area contributed by atoms with Gasteiger partial charge in [-0.3, -0.25) is 14.5 Å². The van der Waals surface area contributed by atoms with Crippen molar-refractivity contribution >= 4 is 23.1 Å². The second-order valence-electron chi connectivity index (χ2n) is 4.78. The molecule has 6 heteroatoms. The molecule has 2 aromatic rings. The normalized spacial score (nSPS) is 42.0. The van der Waals surface area contributed by atoms with E-state index in [1.54, 1.807) is 0 Å². The maximum absolute atomic E-state index is 15.9. The number of hydrogen-bond acceptors (Lipinski definition) is 5. The summed E-state index contributed by atoms with van der Waals surface area (Å²) in [6.07, 6.45) is -10.8. The molecule has 1 saturated carbocycles. The smallest absolute Gasteiger partial charge is 0.308 e. The number of benzene rings is 1. The van der Waals surface area contributed by atoms with Crippen molar-refractivity contribution in [3.8, 4) is 5.06 Å². The van der Waals surface area contributed by atoms with E-state index in [9.17, 15) is 11.0 Å². The lowest BCUT2D eigenvalue weighted by molar-refractivity contribution is -0.131. The van der Waals surface area contributed by atoms with Gasteiger partial charge in [0.25, 0.3) is 0 Å². The van der Waals surface area contributed by atoms with E-state index in [0.29, 0.717) is 0 Å². The van der Waals surface area contributed by atoms with Crippen molar-refractivity contribution in [2.45, 2.75) is 38.5 Å². The van der Waals surface area contributed by atoms with Crippen molar-refractivity contribution in [3.05, 3.63) is 52.0 Å². The molecule has 1 fully saturated rings. The zero-order chi connectivity index (χ0) is 35.9. The highest BCUT2D eigenvalue weighted by atomic mass is 32.1. The number of fused-ring (bicyclic) bond motifs is 1. The summed E-state index contributed by atoms with van der Waals surface area (Å²) < 4.78 is 184. The van der Waals surface area contributed by atoms with Crippen molar-refractivity contribution in [3.63, 3.8) is 0 Å². The fourth-order valence-corrected chi connectivity index (χ4v) is 2.79. The number of esters is 1. The SMILES string of the molecule is [2H]c1c([2H])c([2H])c(C([2H])(C(=O)C2([2H])C([2H])([2H])C2([2H])[2H])N2C([2H])([2H])c3c(sc(OC(=O)C([2H])([2H])[2H])c3[2H])C([2H])([2H])C2([2H])[2H])c(F)c1[2H]. The molecule has 0 saturated heterocycles. The van der Waals surface area contributed by atoms with Crippen LogP contribution in [0.25, 0.3) is 0 Å². The van der Waals surface area contributed by atoms with Gasteiger partial charge >= 0.3 is 5.97 Å². The van der Waals surface area contributed by atoms with E-state index in [2.05, 4.69) is 4.74 Å². The highest BCUT2D eigenvalue weighted by Gasteiger charge is 2.40. The number of Topliss-reactive ketones (excluding diaryl/α,β-unsaturated/α-hetero) is 1. The minimum absolute atomic E-state index is 0.0960. The molecular formula is C20H20FNO3S. The zero-order valence-electron chi connectivity index (χ0n) is 32.5. The van der Waals surface area contributed by atoms with E-state index < -0.39 is 125 Å². The number of carbonyl (C=O) groups excluding carboxylic acids is 2. The molecule has 1 aliphatic heterocycles. The molecule has 0 bridgehead atoms. The number of aryl methyl sites for hydroxylation is 1. The van der Waals surface area contributed by atoms with Crippen LogP contribution in [0.1, 0.15) is 69.0 Å². The van der Waals surface area contributed by atoms with Crippen LogP contribution in [0.5, 0.6) is 5.06 Å². The highest BCUT2D eigenvalue weighted by molar-refractivity contribution is 7.14. The van der Waals surface area contributed by atoms with Gasteiger partial charge in [-0.1, -0.05) is 18.1 Å². The van der Waals surface area contributed by atoms with Gasteiger partial charge < -0.3 is 4.74 Å². The molecule has 1 unspecified atom stereocenters. The van der Waals surface area contributed by atoms with Gasteiger partial charge in [-0.2, -0.15) is 0 Å².